The molecule has 2 unspecified atom stereocenters. The number of rotatable bonds is 3. The average molecular weight is 245 g/mol. The predicted octanol–water partition coefficient (Wildman–Crippen LogP) is 1.77. The van der Waals surface area contributed by atoms with E-state index in [1.807, 2.05) is 24.3 Å². The number of aliphatic hydroxyl groups excluding tert-OH is 1. The van der Waals surface area contributed by atoms with Crippen molar-refractivity contribution in [3.8, 4) is 0 Å². The van der Waals surface area contributed by atoms with Crippen molar-refractivity contribution < 1.29 is 5.11 Å². The van der Waals surface area contributed by atoms with Gasteiger partial charge in [0.15, 0.2) is 0 Å². The van der Waals surface area contributed by atoms with Crippen LogP contribution < -0.4 is 0 Å². The molecule has 1 aromatic carbocycles. The number of hydrogen-bond donors (Lipinski definition) is 2. The van der Waals surface area contributed by atoms with Crippen molar-refractivity contribution in [3.05, 3.63) is 30.1 Å². The molecule has 0 spiro atoms. The number of benzene rings is 1. The van der Waals surface area contributed by atoms with Gasteiger partial charge in [0, 0.05) is 6.04 Å². The Kier molecular flexibility index (Phi) is 3.06. The Bertz CT molecular complexity index is 504. The maximum Gasteiger partial charge on any atom is 0.121 e. The van der Waals surface area contributed by atoms with Gasteiger partial charge in [0.1, 0.15) is 5.82 Å². The van der Waals surface area contributed by atoms with E-state index >= 15 is 0 Å². The topological polar surface area (TPSA) is 52.2 Å². The summed E-state index contributed by atoms with van der Waals surface area (Å²) in [6, 6.07) is 8.35. The summed E-state index contributed by atoms with van der Waals surface area (Å²) in [6.07, 6.45) is 1.16. The van der Waals surface area contributed by atoms with Crippen LogP contribution in [0.15, 0.2) is 24.3 Å². The standard InChI is InChI=1S/C14H19N3O/c1-10-6-7-17(13(10)9-18)8-14-15-11-4-2-3-5-12(11)16-14/h2-5,10,13,18H,6-9H2,1H3,(H,15,16). The molecular weight excluding hydrogens is 226 g/mol. The Labute approximate surface area is 107 Å². The molecule has 3 rings (SSSR count). The lowest BCUT2D eigenvalue weighted by atomic mass is 10.0. The van der Waals surface area contributed by atoms with Crippen LogP contribution in [-0.4, -0.2) is 39.2 Å². The van der Waals surface area contributed by atoms with Crippen LogP contribution >= 0.6 is 0 Å². The summed E-state index contributed by atoms with van der Waals surface area (Å²) in [4.78, 5) is 10.3. The Morgan fingerprint density at radius 2 is 2.28 bits per heavy atom. The monoisotopic (exact) mass is 245 g/mol. The van der Waals surface area contributed by atoms with Crippen LogP contribution in [0.3, 0.4) is 0 Å². The van der Waals surface area contributed by atoms with Crippen molar-refractivity contribution in [3.63, 3.8) is 0 Å². The molecule has 0 aliphatic carbocycles. The Hall–Kier alpha value is -1.39. The number of aromatic amines is 1. The quantitative estimate of drug-likeness (QED) is 0.866. The fourth-order valence-corrected chi connectivity index (χ4v) is 2.85. The highest BCUT2D eigenvalue weighted by molar-refractivity contribution is 5.74. The van der Waals surface area contributed by atoms with Crippen LogP contribution in [0.1, 0.15) is 19.2 Å². The van der Waals surface area contributed by atoms with E-state index in [0.29, 0.717) is 5.92 Å². The molecule has 1 saturated heterocycles. The number of imidazole rings is 1. The van der Waals surface area contributed by atoms with E-state index in [-0.39, 0.29) is 12.6 Å². The SMILES string of the molecule is CC1CCN(Cc2nc3ccccc3[nH]2)C1CO. The van der Waals surface area contributed by atoms with Crippen LogP contribution in [0.25, 0.3) is 11.0 Å². The molecule has 96 valence electrons. The minimum atomic E-state index is 0.237. The molecule has 1 aromatic heterocycles. The fraction of sp³-hybridized carbons (Fsp3) is 0.500. The molecule has 2 heterocycles. The number of fused-ring (bicyclic) bond motifs is 1. The van der Waals surface area contributed by atoms with Gasteiger partial charge in [0.05, 0.1) is 24.2 Å². The van der Waals surface area contributed by atoms with Crippen LogP contribution in [-0.2, 0) is 6.54 Å². The van der Waals surface area contributed by atoms with Gasteiger partial charge in [-0.25, -0.2) is 4.98 Å². The number of H-pyrrole nitrogens is 1. The van der Waals surface area contributed by atoms with Gasteiger partial charge in [-0.15, -0.1) is 0 Å². The number of aliphatic hydroxyl groups is 1. The minimum Gasteiger partial charge on any atom is -0.395 e. The molecule has 0 amide bonds. The van der Waals surface area contributed by atoms with Crippen LogP contribution in [0.5, 0.6) is 0 Å². The summed E-state index contributed by atoms with van der Waals surface area (Å²) < 4.78 is 0. The molecular formula is C14H19N3O. The molecule has 0 bridgehead atoms. The highest BCUT2D eigenvalue weighted by Crippen LogP contribution is 2.25. The number of hydrogen-bond acceptors (Lipinski definition) is 3. The van der Waals surface area contributed by atoms with Crippen molar-refractivity contribution >= 4 is 11.0 Å². The van der Waals surface area contributed by atoms with Gasteiger partial charge in [-0.3, -0.25) is 4.90 Å². The molecule has 1 aliphatic heterocycles. The number of nitrogens with zero attached hydrogens (tertiary/aromatic N) is 2. The lowest BCUT2D eigenvalue weighted by Crippen LogP contribution is -2.34. The first-order valence-electron chi connectivity index (χ1n) is 6.56. The van der Waals surface area contributed by atoms with E-state index in [0.717, 1.165) is 36.4 Å². The van der Waals surface area contributed by atoms with Crippen molar-refractivity contribution in [2.24, 2.45) is 5.92 Å². The van der Waals surface area contributed by atoms with E-state index in [1.165, 1.54) is 0 Å². The molecule has 2 N–H and O–H groups in total. The Balaban J connectivity index is 1.80. The Morgan fingerprint density at radius 3 is 3.06 bits per heavy atom. The van der Waals surface area contributed by atoms with Gasteiger partial charge in [-0.1, -0.05) is 19.1 Å². The second-order valence-electron chi connectivity index (χ2n) is 5.19. The van der Waals surface area contributed by atoms with E-state index in [1.54, 1.807) is 0 Å². The highest BCUT2D eigenvalue weighted by atomic mass is 16.3. The van der Waals surface area contributed by atoms with Crippen molar-refractivity contribution in [2.75, 3.05) is 13.2 Å². The Morgan fingerprint density at radius 1 is 1.44 bits per heavy atom. The van der Waals surface area contributed by atoms with E-state index in [4.69, 9.17) is 0 Å². The second kappa shape index (κ2) is 4.71. The first-order valence-corrected chi connectivity index (χ1v) is 6.56. The molecule has 2 aromatic rings. The fourth-order valence-electron chi connectivity index (χ4n) is 2.85. The second-order valence-corrected chi connectivity index (χ2v) is 5.19. The van der Waals surface area contributed by atoms with Gasteiger partial charge < -0.3 is 10.1 Å². The number of nitrogens with one attached hydrogen (secondary N) is 1. The summed E-state index contributed by atoms with van der Waals surface area (Å²) in [5, 5.41) is 9.45. The molecule has 4 heteroatoms. The molecule has 2 atom stereocenters. The van der Waals surface area contributed by atoms with E-state index in [2.05, 4.69) is 21.8 Å². The lowest BCUT2D eigenvalue weighted by Gasteiger charge is -2.23. The summed E-state index contributed by atoms with van der Waals surface area (Å²) in [5.41, 5.74) is 2.10. The summed E-state index contributed by atoms with van der Waals surface area (Å²) >= 11 is 0. The van der Waals surface area contributed by atoms with Gasteiger partial charge in [-0.05, 0) is 31.0 Å². The first-order chi connectivity index (χ1) is 8.78. The lowest BCUT2D eigenvalue weighted by molar-refractivity contribution is 0.132. The van der Waals surface area contributed by atoms with Gasteiger partial charge in [0.2, 0.25) is 0 Å². The van der Waals surface area contributed by atoms with Crippen molar-refractivity contribution in [1.29, 1.82) is 0 Å². The number of aromatic nitrogens is 2. The van der Waals surface area contributed by atoms with Gasteiger partial charge >= 0.3 is 0 Å². The predicted molar refractivity (Wildman–Crippen MR) is 71.2 cm³/mol. The smallest absolute Gasteiger partial charge is 0.121 e. The molecule has 1 fully saturated rings. The summed E-state index contributed by atoms with van der Waals surface area (Å²) in [7, 11) is 0. The summed E-state index contributed by atoms with van der Waals surface area (Å²) in [6.45, 7) is 4.29. The third kappa shape index (κ3) is 2.02. The molecule has 1 aliphatic rings. The zero-order valence-electron chi connectivity index (χ0n) is 10.6. The zero-order chi connectivity index (χ0) is 12.5. The third-order valence-corrected chi connectivity index (χ3v) is 3.98. The number of likely N-dealkylation sites (tertiary alicyclic amines) is 1. The van der Waals surface area contributed by atoms with Crippen LogP contribution in [0, 0.1) is 5.92 Å². The van der Waals surface area contributed by atoms with Crippen molar-refractivity contribution in [2.45, 2.75) is 25.9 Å². The molecule has 4 nitrogen and oxygen atoms in total. The largest absolute Gasteiger partial charge is 0.395 e. The summed E-state index contributed by atoms with van der Waals surface area (Å²) in [5.74, 6) is 1.56. The zero-order valence-corrected chi connectivity index (χ0v) is 10.6. The van der Waals surface area contributed by atoms with Crippen LogP contribution in [0.4, 0.5) is 0 Å². The van der Waals surface area contributed by atoms with E-state index in [9.17, 15) is 5.11 Å². The van der Waals surface area contributed by atoms with Gasteiger partial charge in [0.25, 0.3) is 0 Å². The maximum atomic E-state index is 9.45. The molecule has 0 saturated carbocycles. The molecule has 0 radical (unpaired) electrons. The highest BCUT2D eigenvalue weighted by Gasteiger charge is 2.30. The van der Waals surface area contributed by atoms with E-state index < -0.39 is 0 Å². The van der Waals surface area contributed by atoms with Crippen LogP contribution in [0.2, 0.25) is 0 Å². The van der Waals surface area contributed by atoms with Crippen molar-refractivity contribution in [1.82, 2.24) is 14.9 Å². The third-order valence-electron chi connectivity index (χ3n) is 3.98. The minimum absolute atomic E-state index is 0.237. The normalized spacial score (nSPS) is 25.0. The average Bonchev–Trinajstić information content (AvgIpc) is 2.93. The maximum absolute atomic E-state index is 9.45. The molecule has 18 heavy (non-hydrogen) atoms. The van der Waals surface area contributed by atoms with Gasteiger partial charge in [-0.2, -0.15) is 0 Å². The first kappa shape index (κ1) is 11.7. The number of para-hydroxylation sites is 2.